The van der Waals surface area contributed by atoms with Crippen LogP contribution < -0.4 is 5.32 Å². The van der Waals surface area contributed by atoms with E-state index >= 15 is 0 Å². The largest absolute Gasteiger partial charge is 0.356 e. The van der Waals surface area contributed by atoms with E-state index in [0.29, 0.717) is 19.6 Å². The van der Waals surface area contributed by atoms with E-state index in [-0.39, 0.29) is 35.4 Å². The van der Waals surface area contributed by atoms with Gasteiger partial charge in [-0.1, -0.05) is 25.5 Å². The minimum absolute atomic E-state index is 0.00359. The van der Waals surface area contributed by atoms with Crippen molar-refractivity contribution in [1.29, 1.82) is 0 Å². The number of carbonyl (C=O) groups is 2. The van der Waals surface area contributed by atoms with Gasteiger partial charge < -0.3 is 10.2 Å². The predicted octanol–water partition coefficient (Wildman–Crippen LogP) is 2.69. The summed E-state index contributed by atoms with van der Waals surface area (Å²) in [5.41, 5.74) is 0.929. The van der Waals surface area contributed by atoms with Crippen LogP contribution in [0.3, 0.4) is 0 Å². The predicted molar refractivity (Wildman–Crippen MR) is 89.9 cm³/mol. The third-order valence-corrected chi connectivity index (χ3v) is 5.02. The Hall–Kier alpha value is -1.91. The first-order chi connectivity index (χ1) is 11.6. The van der Waals surface area contributed by atoms with Crippen LogP contribution in [0.5, 0.6) is 0 Å². The zero-order valence-electron chi connectivity index (χ0n) is 14.1. The van der Waals surface area contributed by atoms with Gasteiger partial charge in [0.25, 0.3) is 0 Å². The number of carbonyl (C=O) groups excluding carboxylic acids is 2. The topological polar surface area (TPSA) is 49.4 Å². The quantitative estimate of drug-likeness (QED) is 0.814. The molecule has 0 spiro atoms. The van der Waals surface area contributed by atoms with E-state index in [1.807, 2.05) is 4.90 Å². The summed E-state index contributed by atoms with van der Waals surface area (Å²) in [6.45, 7) is 3.76. The van der Waals surface area contributed by atoms with Crippen molar-refractivity contribution in [2.75, 3.05) is 19.6 Å². The SMILES string of the molecule is CCCCNC(=O)[C@@H]1CN(C(=O)C2CC2)C[C@@H]1c1ccc(F)cc1. The Morgan fingerprint density at radius 3 is 2.54 bits per heavy atom. The van der Waals surface area contributed by atoms with Crippen LogP contribution in [-0.4, -0.2) is 36.3 Å². The van der Waals surface area contributed by atoms with E-state index in [4.69, 9.17) is 0 Å². The van der Waals surface area contributed by atoms with E-state index in [1.54, 1.807) is 12.1 Å². The summed E-state index contributed by atoms with van der Waals surface area (Å²) in [6, 6.07) is 6.31. The molecule has 1 aliphatic carbocycles. The fraction of sp³-hybridized carbons (Fsp3) is 0.579. The van der Waals surface area contributed by atoms with Crippen molar-refractivity contribution in [3.63, 3.8) is 0 Å². The first kappa shape index (κ1) is 16.9. The smallest absolute Gasteiger partial charge is 0.225 e. The summed E-state index contributed by atoms with van der Waals surface area (Å²) in [7, 11) is 0. The van der Waals surface area contributed by atoms with Gasteiger partial charge in [-0.25, -0.2) is 4.39 Å². The highest BCUT2D eigenvalue weighted by atomic mass is 19.1. The minimum atomic E-state index is -0.286. The van der Waals surface area contributed by atoms with Crippen molar-refractivity contribution in [1.82, 2.24) is 10.2 Å². The van der Waals surface area contributed by atoms with E-state index < -0.39 is 0 Å². The molecule has 0 radical (unpaired) electrons. The fourth-order valence-electron chi connectivity index (χ4n) is 3.41. The van der Waals surface area contributed by atoms with Gasteiger partial charge in [0, 0.05) is 31.5 Å². The Kier molecular flexibility index (Phi) is 5.17. The average Bonchev–Trinajstić information content (AvgIpc) is 3.33. The number of rotatable bonds is 6. The maximum absolute atomic E-state index is 13.2. The van der Waals surface area contributed by atoms with E-state index in [9.17, 15) is 14.0 Å². The number of hydrogen-bond acceptors (Lipinski definition) is 2. The number of halogens is 1. The molecule has 130 valence electrons. The molecule has 0 aromatic heterocycles. The standard InChI is InChI=1S/C19H25FN2O2/c1-2-3-10-21-18(23)17-12-22(19(24)14-4-5-14)11-16(17)13-6-8-15(20)9-7-13/h6-9,14,16-17H,2-5,10-12H2,1H3,(H,21,23)/t16-,17-/m1/s1. The number of benzene rings is 1. The zero-order chi connectivity index (χ0) is 17.1. The van der Waals surface area contributed by atoms with Gasteiger partial charge in [0.15, 0.2) is 0 Å². The average molecular weight is 332 g/mol. The first-order valence-corrected chi connectivity index (χ1v) is 8.92. The molecule has 1 aromatic rings. The lowest BCUT2D eigenvalue weighted by Gasteiger charge is -2.18. The summed E-state index contributed by atoms with van der Waals surface area (Å²) >= 11 is 0. The van der Waals surface area contributed by atoms with Crippen molar-refractivity contribution in [3.8, 4) is 0 Å². The van der Waals surface area contributed by atoms with Crippen LogP contribution in [0.1, 0.15) is 44.1 Å². The maximum atomic E-state index is 13.2. The molecule has 1 heterocycles. The van der Waals surface area contributed by atoms with Crippen molar-refractivity contribution >= 4 is 11.8 Å². The third kappa shape index (κ3) is 3.77. The van der Waals surface area contributed by atoms with Gasteiger partial charge in [0.2, 0.25) is 11.8 Å². The van der Waals surface area contributed by atoms with Gasteiger partial charge in [-0.15, -0.1) is 0 Å². The van der Waals surface area contributed by atoms with Gasteiger partial charge >= 0.3 is 0 Å². The molecule has 1 N–H and O–H groups in total. The first-order valence-electron chi connectivity index (χ1n) is 8.92. The summed E-state index contributed by atoms with van der Waals surface area (Å²) in [4.78, 5) is 26.8. The van der Waals surface area contributed by atoms with E-state index in [2.05, 4.69) is 12.2 Å². The molecule has 0 bridgehead atoms. The Bertz CT molecular complexity index is 598. The number of amides is 2. The van der Waals surface area contributed by atoms with Crippen LogP contribution in [-0.2, 0) is 9.59 Å². The summed E-state index contributed by atoms with van der Waals surface area (Å²) in [5.74, 6) is -0.271. The molecule has 2 amide bonds. The molecule has 2 fully saturated rings. The zero-order valence-corrected chi connectivity index (χ0v) is 14.1. The van der Waals surface area contributed by atoms with Gasteiger partial charge in [-0.3, -0.25) is 9.59 Å². The van der Waals surface area contributed by atoms with Gasteiger partial charge in [0.05, 0.1) is 5.92 Å². The highest BCUT2D eigenvalue weighted by Gasteiger charge is 2.43. The van der Waals surface area contributed by atoms with Gasteiger partial charge in [0.1, 0.15) is 5.82 Å². The number of hydrogen-bond donors (Lipinski definition) is 1. The summed E-state index contributed by atoms with van der Waals surface area (Å²) in [6.07, 6.45) is 3.90. The van der Waals surface area contributed by atoms with Crippen LogP contribution in [0.25, 0.3) is 0 Å². The van der Waals surface area contributed by atoms with Crippen LogP contribution in [0, 0.1) is 17.7 Å². The Balaban J connectivity index is 1.74. The maximum Gasteiger partial charge on any atom is 0.225 e. The second-order valence-electron chi connectivity index (χ2n) is 6.93. The molecule has 1 saturated carbocycles. The second-order valence-corrected chi connectivity index (χ2v) is 6.93. The molecule has 5 heteroatoms. The number of likely N-dealkylation sites (tertiary alicyclic amines) is 1. The monoisotopic (exact) mass is 332 g/mol. The van der Waals surface area contributed by atoms with Crippen LogP contribution in [0.4, 0.5) is 4.39 Å². The van der Waals surface area contributed by atoms with E-state index in [1.165, 1.54) is 12.1 Å². The molecular weight excluding hydrogens is 307 g/mol. The highest BCUT2D eigenvalue weighted by molar-refractivity contribution is 5.85. The lowest BCUT2D eigenvalue weighted by molar-refractivity contribution is -0.132. The molecule has 2 aliphatic rings. The number of nitrogens with one attached hydrogen (secondary N) is 1. The van der Waals surface area contributed by atoms with Crippen molar-refractivity contribution in [2.45, 2.75) is 38.5 Å². The molecule has 1 aromatic carbocycles. The number of unbranched alkanes of at least 4 members (excludes halogenated alkanes) is 1. The van der Waals surface area contributed by atoms with Gasteiger partial charge in [-0.2, -0.15) is 0 Å². The summed E-state index contributed by atoms with van der Waals surface area (Å²) in [5, 5.41) is 2.99. The van der Waals surface area contributed by atoms with E-state index in [0.717, 1.165) is 31.2 Å². The molecule has 3 rings (SSSR count). The van der Waals surface area contributed by atoms with Crippen LogP contribution >= 0.6 is 0 Å². The van der Waals surface area contributed by atoms with Crippen molar-refractivity contribution in [2.24, 2.45) is 11.8 Å². The Morgan fingerprint density at radius 1 is 1.21 bits per heavy atom. The lowest BCUT2D eigenvalue weighted by Crippen LogP contribution is -2.36. The molecule has 4 nitrogen and oxygen atoms in total. The summed E-state index contributed by atoms with van der Waals surface area (Å²) < 4.78 is 13.2. The highest BCUT2D eigenvalue weighted by Crippen LogP contribution is 2.37. The van der Waals surface area contributed by atoms with Crippen molar-refractivity contribution in [3.05, 3.63) is 35.6 Å². The molecule has 1 aliphatic heterocycles. The van der Waals surface area contributed by atoms with Crippen LogP contribution in [0.2, 0.25) is 0 Å². The minimum Gasteiger partial charge on any atom is -0.356 e. The Morgan fingerprint density at radius 2 is 1.92 bits per heavy atom. The molecule has 24 heavy (non-hydrogen) atoms. The lowest BCUT2D eigenvalue weighted by atomic mass is 9.88. The molecular formula is C19H25FN2O2. The molecule has 1 saturated heterocycles. The fourth-order valence-corrected chi connectivity index (χ4v) is 3.41. The molecule has 0 unspecified atom stereocenters. The normalized spacial score (nSPS) is 23.3. The van der Waals surface area contributed by atoms with Gasteiger partial charge in [-0.05, 0) is 37.0 Å². The number of nitrogens with zero attached hydrogens (tertiary/aromatic N) is 1. The second kappa shape index (κ2) is 7.32. The Labute approximate surface area is 142 Å². The molecule has 2 atom stereocenters. The van der Waals surface area contributed by atoms with Crippen molar-refractivity contribution < 1.29 is 14.0 Å². The third-order valence-electron chi connectivity index (χ3n) is 5.02. The van der Waals surface area contributed by atoms with Crippen LogP contribution in [0.15, 0.2) is 24.3 Å².